The summed E-state index contributed by atoms with van der Waals surface area (Å²) in [4.78, 5) is 33.7. The van der Waals surface area contributed by atoms with Crippen LogP contribution in [0.15, 0.2) is 10.9 Å². The van der Waals surface area contributed by atoms with Crippen LogP contribution in [-0.4, -0.2) is 64.2 Å². The summed E-state index contributed by atoms with van der Waals surface area (Å²) in [6, 6.07) is 1.65. The number of nitrogens with zero attached hydrogens (tertiary/aromatic N) is 5. The molecule has 4 rings (SSSR count). The van der Waals surface area contributed by atoms with Crippen molar-refractivity contribution in [1.29, 1.82) is 0 Å². The van der Waals surface area contributed by atoms with Crippen LogP contribution in [-0.2, 0) is 0 Å². The van der Waals surface area contributed by atoms with Gasteiger partial charge in [0.05, 0.1) is 0 Å². The average Bonchev–Trinajstić information content (AvgIpc) is 3.37. The molecule has 2 aliphatic heterocycles. The first kappa shape index (κ1) is 17.4. The fourth-order valence-corrected chi connectivity index (χ4v) is 4.81. The number of likely N-dealkylation sites (N-methyl/N-ethyl adjacent to an activating group) is 1. The number of anilines is 1. The van der Waals surface area contributed by atoms with Gasteiger partial charge in [-0.05, 0) is 38.8 Å². The smallest absolute Gasteiger partial charge is 0.274 e. The Morgan fingerprint density at radius 1 is 1.31 bits per heavy atom. The maximum atomic E-state index is 12.7. The molecule has 0 aliphatic carbocycles. The van der Waals surface area contributed by atoms with Crippen LogP contribution in [0.3, 0.4) is 0 Å². The molecule has 0 spiro atoms. The van der Waals surface area contributed by atoms with Crippen LogP contribution in [0.5, 0.6) is 0 Å². The Hall–Kier alpha value is -2.00. The second kappa shape index (κ2) is 7.32. The highest BCUT2D eigenvalue weighted by Crippen LogP contribution is 2.25. The molecule has 2 saturated heterocycles. The zero-order chi connectivity index (χ0) is 18.1. The van der Waals surface area contributed by atoms with Crippen molar-refractivity contribution in [1.82, 2.24) is 24.8 Å². The summed E-state index contributed by atoms with van der Waals surface area (Å²) >= 11 is 1.37. The number of amides is 1. The molecule has 0 aromatic carbocycles. The predicted octanol–water partition coefficient (Wildman–Crippen LogP) is 0.965. The SMILES string of the molecule is CCN1CCC[C@H]1CNC(=O)c1cc(=O)nc2sc(N3CCCC3)nn12. The number of carbonyl (C=O) groups is 1. The van der Waals surface area contributed by atoms with E-state index in [-0.39, 0.29) is 11.6 Å². The summed E-state index contributed by atoms with van der Waals surface area (Å²) in [7, 11) is 0. The minimum absolute atomic E-state index is 0.263. The summed E-state index contributed by atoms with van der Waals surface area (Å²) in [5.41, 5.74) is -0.134. The van der Waals surface area contributed by atoms with E-state index in [9.17, 15) is 9.59 Å². The van der Waals surface area contributed by atoms with Gasteiger partial charge in [-0.15, -0.1) is 5.10 Å². The molecule has 1 N–H and O–H groups in total. The van der Waals surface area contributed by atoms with Crippen LogP contribution < -0.4 is 15.8 Å². The number of hydrogen-bond acceptors (Lipinski definition) is 7. The molecule has 4 heterocycles. The monoisotopic (exact) mass is 376 g/mol. The van der Waals surface area contributed by atoms with E-state index >= 15 is 0 Å². The second-order valence-corrected chi connectivity index (χ2v) is 7.82. The highest BCUT2D eigenvalue weighted by Gasteiger charge is 2.25. The highest BCUT2D eigenvalue weighted by molar-refractivity contribution is 7.20. The van der Waals surface area contributed by atoms with Gasteiger partial charge >= 0.3 is 0 Å². The molecule has 26 heavy (non-hydrogen) atoms. The van der Waals surface area contributed by atoms with Crippen molar-refractivity contribution in [2.24, 2.45) is 0 Å². The van der Waals surface area contributed by atoms with Crippen LogP contribution in [0, 0.1) is 0 Å². The standard InChI is InChI=1S/C17H24N6O2S/c1-2-21-9-5-6-12(21)11-18-15(25)13-10-14(24)19-16-23(13)20-17(26-16)22-7-3-4-8-22/h10,12H,2-9,11H2,1H3,(H,18,25)/t12-/m0/s1. The van der Waals surface area contributed by atoms with Crippen molar-refractivity contribution >= 4 is 27.3 Å². The van der Waals surface area contributed by atoms with E-state index in [1.54, 1.807) is 0 Å². The summed E-state index contributed by atoms with van der Waals surface area (Å²) < 4.78 is 1.52. The molecule has 0 saturated carbocycles. The van der Waals surface area contributed by atoms with Gasteiger partial charge in [-0.1, -0.05) is 18.3 Å². The first-order valence-electron chi connectivity index (χ1n) is 9.34. The average molecular weight is 376 g/mol. The van der Waals surface area contributed by atoms with E-state index in [2.05, 4.69) is 32.1 Å². The van der Waals surface area contributed by atoms with Gasteiger partial charge in [0.15, 0.2) is 0 Å². The minimum Gasteiger partial charge on any atom is -0.349 e. The van der Waals surface area contributed by atoms with Crippen molar-refractivity contribution < 1.29 is 4.79 Å². The topological polar surface area (TPSA) is 82.8 Å². The van der Waals surface area contributed by atoms with Gasteiger partial charge in [-0.3, -0.25) is 14.5 Å². The third-order valence-electron chi connectivity index (χ3n) is 5.26. The van der Waals surface area contributed by atoms with Gasteiger partial charge in [0, 0.05) is 31.7 Å². The Morgan fingerprint density at radius 2 is 2.12 bits per heavy atom. The van der Waals surface area contributed by atoms with Gasteiger partial charge < -0.3 is 10.2 Å². The van der Waals surface area contributed by atoms with Gasteiger partial charge in [-0.2, -0.15) is 9.50 Å². The van der Waals surface area contributed by atoms with E-state index in [4.69, 9.17) is 0 Å². The number of aromatic nitrogens is 3. The van der Waals surface area contributed by atoms with Crippen molar-refractivity contribution in [2.45, 2.75) is 38.6 Å². The highest BCUT2D eigenvalue weighted by atomic mass is 32.1. The molecule has 2 aromatic heterocycles. The quantitative estimate of drug-likeness (QED) is 0.837. The number of likely N-dealkylation sites (tertiary alicyclic amines) is 1. The second-order valence-electron chi connectivity index (χ2n) is 6.89. The molecule has 2 aliphatic rings. The van der Waals surface area contributed by atoms with E-state index in [0.29, 0.717) is 17.5 Å². The lowest BCUT2D eigenvalue weighted by Crippen LogP contribution is -2.40. The fraction of sp³-hybridized carbons (Fsp3) is 0.647. The minimum atomic E-state index is -0.400. The zero-order valence-corrected chi connectivity index (χ0v) is 15.8. The molecular weight excluding hydrogens is 352 g/mol. The van der Waals surface area contributed by atoms with Gasteiger partial charge in [0.25, 0.3) is 11.5 Å². The van der Waals surface area contributed by atoms with Crippen LogP contribution in [0.2, 0.25) is 0 Å². The normalized spacial score (nSPS) is 21.0. The Kier molecular flexibility index (Phi) is 4.90. The largest absolute Gasteiger partial charge is 0.349 e. The number of hydrogen-bond donors (Lipinski definition) is 1. The van der Waals surface area contributed by atoms with E-state index < -0.39 is 5.56 Å². The van der Waals surface area contributed by atoms with Crippen molar-refractivity contribution in [3.05, 3.63) is 22.1 Å². The third-order valence-corrected chi connectivity index (χ3v) is 6.23. The van der Waals surface area contributed by atoms with Crippen LogP contribution in [0.1, 0.15) is 43.1 Å². The molecule has 2 aromatic rings. The first-order chi connectivity index (χ1) is 12.7. The Morgan fingerprint density at radius 3 is 2.88 bits per heavy atom. The number of carbonyl (C=O) groups excluding carboxylic acids is 1. The zero-order valence-electron chi connectivity index (χ0n) is 15.0. The molecule has 0 radical (unpaired) electrons. The van der Waals surface area contributed by atoms with Crippen LogP contribution in [0.4, 0.5) is 5.13 Å². The molecular formula is C17H24N6O2S. The third kappa shape index (κ3) is 3.33. The van der Waals surface area contributed by atoms with Gasteiger partial charge in [-0.25, -0.2) is 0 Å². The lowest BCUT2D eigenvalue weighted by Gasteiger charge is -2.22. The summed E-state index contributed by atoms with van der Waals surface area (Å²) in [5.74, 6) is -0.263. The van der Waals surface area contributed by atoms with Crippen LogP contribution >= 0.6 is 11.3 Å². The van der Waals surface area contributed by atoms with E-state index in [0.717, 1.165) is 50.6 Å². The Balaban J connectivity index is 1.56. The molecule has 9 heteroatoms. The Labute approximate surface area is 155 Å². The lowest BCUT2D eigenvalue weighted by atomic mass is 10.2. The summed E-state index contributed by atoms with van der Waals surface area (Å²) in [6.07, 6.45) is 4.54. The summed E-state index contributed by atoms with van der Waals surface area (Å²) in [5, 5.41) is 8.36. The van der Waals surface area contributed by atoms with E-state index in [1.165, 1.54) is 28.3 Å². The van der Waals surface area contributed by atoms with Gasteiger partial charge in [0.1, 0.15) is 5.69 Å². The lowest BCUT2D eigenvalue weighted by molar-refractivity contribution is 0.0933. The van der Waals surface area contributed by atoms with Crippen molar-refractivity contribution in [3.8, 4) is 0 Å². The summed E-state index contributed by atoms with van der Waals surface area (Å²) in [6.45, 7) is 6.73. The number of nitrogens with one attached hydrogen (secondary N) is 1. The number of rotatable bonds is 5. The molecule has 8 nitrogen and oxygen atoms in total. The molecule has 0 unspecified atom stereocenters. The van der Waals surface area contributed by atoms with E-state index in [1.807, 2.05) is 0 Å². The van der Waals surface area contributed by atoms with Gasteiger partial charge in [0.2, 0.25) is 10.1 Å². The predicted molar refractivity (Wildman–Crippen MR) is 101 cm³/mol. The molecule has 2 fully saturated rings. The maximum absolute atomic E-state index is 12.7. The number of fused-ring (bicyclic) bond motifs is 1. The van der Waals surface area contributed by atoms with Crippen molar-refractivity contribution in [3.63, 3.8) is 0 Å². The molecule has 1 atom stereocenters. The Bertz CT molecular complexity index is 857. The maximum Gasteiger partial charge on any atom is 0.274 e. The van der Waals surface area contributed by atoms with Crippen molar-refractivity contribution in [2.75, 3.05) is 37.6 Å². The molecule has 140 valence electrons. The first-order valence-corrected chi connectivity index (χ1v) is 10.2. The van der Waals surface area contributed by atoms with Crippen LogP contribution in [0.25, 0.3) is 4.96 Å². The fourth-order valence-electron chi connectivity index (χ4n) is 3.85. The molecule has 1 amide bonds. The molecule has 0 bridgehead atoms.